The molecule has 0 bridgehead atoms. The van der Waals surface area contributed by atoms with Gasteiger partial charge < -0.3 is 5.11 Å². The highest BCUT2D eigenvalue weighted by Gasteiger charge is 2.22. The van der Waals surface area contributed by atoms with E-state index in [2.05, 4.69) is 6.92 Å². The Hall–Kier alpha value is -1.91. The Bertz CT molecular complexity index is 530. The number of hydrogen-bond donors (Lipinski definition) is 1. The van der Waals surface area contributed by atoms with Crippen LogP contribution in [0.3, 0.4) is 0 Å². The molecule has 0 aliphatic carbocycles. The van der Waals surface area contributed by atoms with Crippen LogP contribution in [0.25, 0.3) is 0 Å². The van der Waals surface area contributed by atoms with E-state index in [0.29, 0.717) is 12.0 Å². The first-order chi connectivity index (χ1) is 12.1. The number of carbonyl (C=O) groups is 1. The lowest BCUT2D eigenvalue weighted by molar-refractivity contribution is -0.385. The number of benzene rings is 1. The molecule has 25 heavy (non-hydrogen) atoms. The SMILES string of the molecule is CCCCCCCCCCC(CCC(=O)O)c1ccccc1[N+](=O)[O-]. The minimum atomic E-state index is -0.848. The fraction of sp³-hybridized carbons (Fsp3) is 0.650. The molecule has 1 rings (SSSR count). The van der Waals surface area contributed by atoms with Crippen LogP contribution >= 0.6 is 0 Å². The van der Waals surface area contributed by atoms with Gasteiger partial charge in [-0.1, -0.05) is 76.5 Å². The number of hydrogen-bond acceptors (Lipinski definition) is 3. The third-order valence-corrected chi connectivity index (χ3v) is 4.69. The van der Waals surface area contributed by atoms with Crippen LogP contribution in [0.1, 0.15) is 89.0 Å². The van der Waals surface area contributed by atoms with Crippen molar-refractivity contribution in [3.05, 3.63) is 39.9 Å². The first kappa shape index (κ1) is 21.1. The van der Waals surface area contributed by atoms with Gasteiger partial charge in [-0.05, 0) is 18.8 Å². The summed E-state index contributed by atoms with van der Waals surface area (Å²) < 4.78 is 0. The van der Waals surface area contributed by atoms with Gasteiger partial charge in [-0.2, -0.15) is 0 Å². The van der Waals surface area contributed by atoms with Crippen LogP contribution in [-0.2, 0) is 4.79 Å². The summed E-state index contributed by atoms with van der Waals surface area (Å²) in [6.07, 6.45) is 11.0. The molecule has 0 aromatic heterocycles. The zero-order valence-corrected chi connectivity index (χ0v) is 15.3. The Morgan fingerprint density at radius 1 is 1.04 bits per heavy atom. The molecule has 0 fully saturated rings. The number of unbranched alkanes of at least 4 members (excludes halogenated alkanes) is 7. The molecule has 140 valence electrons. The van der Waals surface area contributed by atoms with E-state index in [1.807, 2.05) is 0 Å². The monoisotopic (exact) mass is 349 g/mol. The molecule has 0 amide bonds. The molecule has 0 radical (unpaired) electrons. The molecular formula is C20H31NO4. The van der Waals surface area contributed by atoms with Gasteiger partial charge in [0.05, 0.1) is 4.92 Å². The minimum absolute atomic E-state index is 0.0493. The lowest BCUT2D eigenvalue weighted by Crippen LogP contribution is -2.06. The summed E-state index contributed by atoms with van der Waals surface area (Å²) in [5.41, 5.74) is 0.786. The van der Waals surface area contributed by atoms with E-state index in [4.69, 9.17) is 5.11 Å². The Balaban J connectivity index is 2.54. The van der Waals surface area contributed by atoms with Crippen LogP contribution in [0.5, 0.6) is 0 Å². The van der Waals surface area contributed by atoms with Crippen molar-refractivity contribution >= 4 is 11.7 Å². The van der Waals surface area contributed by atoms with Crippen molar-refractivity contribution in [2.75, 3.05) is 0 Å². The summed E-state index contributed by atoms with van der Waals surface area (Å²) in [6, 6.07) is 6.74. The molecular weight excluding hydrogens is 318 g/mol. The molecule has 1 atom stereocenters. The van der Waals surface area contributed by atoms with Crippen molar-refractivity contribution in [3.63, 3.8) is 0 Å². The maximum absolute atomic E-state index is 11.3. The van der Waals surface area contributed by atoms with Crippen molar-refractivity contribution < 1.29 is 14.8 Å². The number of para-hydroxylation sites is 1. The van der Waals surface area contributed by atoms with Crippen LogP contribution in [-0.4, -0.2) is 16.0 Å². The average molecular weight is 349 g/mol. The Morgan fingerprint density at radius 3 is 2.24 bits per heavy atom. The summed E-state index contributed by atoms with van der Waals surface area (Å²) in [6.45, 7) is 2.21. The zero-order valence-electron chi connectivity index (χ0n) is 15.3. The van der Waals surface area contributed by atoms with Crippen LogP contribution in [0.15, 0.2) is 24.3 Å². The fourth-order valence-corrected chi connectivity index (χ4v) is 3.28. The Labute approximate surface area is 150 Å². The lowest BCUT2D eigenvalue weighted by atomic mass is 9.88. The van der Waals surface area contributed by atoms with E-state index < -0.39 is 5.97 Å². The van der Waals surface area contributed by atoms with E-state index in [0.717, 1.165) is 19.3 Å². The normalized spacial score (nSPS) is 12.0. The highest BCUT2D eigenvalue weighted by Crippen LogP contribution is 2.33. The van der Waals surface area contributed by atoms with Gasteiger partial charge in [0.25, 0.3) is 5.69 Å². The molecule has 0 aliphatic rings. The van der Waals surface area contributed by atoms with Gasteiger partial charge in [0.1, 0.15) is 0 Å². The van der Waals surface area contributed by atoms with Crippen molar-refractivity contribution in [2.24, 2.45) is 0 Å². The van der Waals surface area contributed by atoms with Crippen molar-refractivity contribution in [3.8, 4) is 0 Å². The first-order valence-electron chi connectivity index (χ1n) is 9.51. The molecule has 1 unspecified atom stereocenters. The van der Waals surface area contributed by atoms with E-state index in [9.17, 15) is 14.9 Å². The van der Waals surface area contributed by atoms with Gasteiger partial charge in [-0.3, -0.25) is 14.9 Å². The van der Waals surface area contributed by atoms with E-state index in [1.165, 1.54) is 44.6 Å². The molecule has 0 heterocycles. The quantitative estimate of drug-likeness (QED) is 0.251. The standard InChI is InChI=1S/C20H31NO4/c1-2-3-4-5-6-7-8-9-12-17(15-16-20(22)23)18-13-10-11-14-19(18)21(24)25/h10-11,13-14,17H,2-9,12,15-16H2,1H3,(H,22,23). The van der Waals surface area contributed by atoms with Crippen molar-refractivity contribution in [1.29, 1.82) is 0 Å². The first-order valence-corrected chi connectivity index (χ1v) is 9.51. The topological polar surface area (TPSA) is 80.4 Å². The number of carboxylic acid groups (broad SMARTS) is 1. The Kier molecular flexibility index (Phi) is 10.5. The van der Waals surface area contributed by atoms with Crippen molar-refractivity contribution in [2.45, 2.75) is 83.5 Å². The summed E-state index contributed by atoms with van der Waals surface area (Å²) in [5, 5.41) is 20.2. The smallest absolute Gasteiger partial charge is 0.303 e. The number of rotatable bonds is 14. The largest absolute Gasteiger partial charge is 0.481 e. The predicted octanol–water partition coefficient (Wildman–Crippen LogP) is 6.07. The van der Waals surface area contributed by atoms with E-state index in [-0.39, 0.29) is 22.9 Å². The molecule has 5 nitrogen and oxygen atoms in total. The van der Waals surface area contributed by atoms with Crippen LogP contribution < -0.4 is 0 Å². The van der Waals surface area contributed by atoms with E-state index >= 15 is 0 Å². The summed E-state index contributed by atoms with van der Waals surface area (Å²) in [5.74, 6) is -0.905. The van der Waals surface area contributed by atoms with E-state index in [1.54, 1.807) is 18.2 Å². The molecule has 1 N–H and O–H groups in total. The third kappa shape index (κ3) is 8.66. The van der Waals surface area contributed by atoms with Gasteiger partial charge in [-0.15, -0.1) is 0 Å². The Morgan fingerprint density at radius 2 is 1.64 bits per heavy atom. The summed E-state index contributed by atoms with van der Waals surface area (Å²) >= 11 is 0. The molecule has 0 spiro atoms. The van der Waals surface area contributed by atoms with Gasteiger partial charge in [0, 0.05) is 18.1 Å². The zero-order chi connectivity index (χ0) is 18.5. The maximum Gasteiger partial charge on any atom is 0.303 e. The lowest BCUT2D eigenvalue weighted by Gasteiger charge is -2.16. The summed E-state index contributed by atoms with van der Waals surface area (Å²) in [7, 11) is 0. The fourth-order valence-electron chi connectivity index (χ4n) is 3.28. The van der Waals surface area contributed by atoms with Crippen LogP contribution in [0.4, 0.5) is 5.69 Å². The number of nitrogens with zero attached hydrogens (tertiary/aromatic N) is 1. The molecule has 0 saturated carbocycles. The maximum atomic E-state index is 11.3. The molecule has 0 saturated heterocycles. The van der Waals surface area contributed by atoms with Gasteiger partial charge in [0.15, 0.2) is 0 Å². The second-order valence-electron chi connectivity index (χ2n) is 6.71. The third-order valence-electron chi connectivity index (χ3n) is 4.69. The highest BCUT2D eigenvalue weighted by molar-refractivity contribution is 5.66. The van der Waals surface area contributed by atoms with Crippen LogP contribution in [0, 0.1) is 10.1 Å². The number of aliphatic carboxylic acids is 1. The summed E-state index contributed by atoms with van der Waals surface area (Å²) in [4.78, 5) is 21.8. The van der Waals surface area contributed by atoms with Gasteiger partial charge >= 0.3 is 5.97 Å². The second-order valence-corrected chi connectivity index (χ2v) is 6.71. The average Bonchev–Trinajstić information content (AvgIpc) is 2.59. The van der Waals surface area contributed by atoms with Gasteiger partial charge in [-0.25, -0.2) is 0 Å². The highest BCUT2D eigenvalue weighted by atomic mass is 16.6. The number of nitro groups is 1. The van der Waals surface area contributed by atoms with Crippen LogP contribution in [0.2, 0.25) is 0 Å². The molecule has 1 aromatic carbocycles. The molecule has 5 heteroatoms. The van der Waals surface area contributed by atoms with Gasteiger partial charge in [0.2, 0.25) is 0 Å². The minimum Gasteiger partial charge on any atom is -0.481 e. The molecule has 1 aromatic rings. The van der Waals surface area contributed by atoms with Crippen molar-refractivity contribution in [1.82, 2.24) is 0 Å². The predicted molar refractivity (Wildman–Crippen MR) is 99.9 cm³/mol. The number of nitro benzene ring substituents is 1. The second kappa shape index (κ2) is 12.5. The molecule has 0 aliphatic heterocycles. The number of carboxylic acids is 1.